The summed E-state index contributed by atoms with van der Waals surface area (Å²) in [6.45, 7) is 3.00. The van der Waals surface area contributed by atoms with E-state index in [0.717, 1.165) is 34.5 Å². The highest BCUT2D eigenvalue weighted by molar-refractivity contribution is 6.02. The average molecular weight is 442 g/mol. The Morgan fingerprint density at radius 1 is 1.06 bits per heavy atom. The van der Waals surface area contributed by atoms with E-state index in [4.69, 9.17) is 15.8 Å². The number of nitrogens with zero attached hydrogens (tertiary/aromatic N) is 4. The predicted molar refractivity (Wildman–Crippen MR) is 130 cm³/mol. The second kappa shape index (κ2) is 7.44. The zero-order chi connectivity index (χ0) is 22.7. The Kier molecular flexibility index (Phi) is 4.61. The second-order valence-corrected chi connectivity index (χ2v) is 10.3. The van der Waals surface area contributed by atoms with Gasteiger partial charge in [0, 0.05) is 25.2 Å². The van der Waals surface area contributed by atoms with E-state index in [1.807, 2.05) is 6.92 Å². The highest BCUT2D eigenvalue weighted by atomic mass is 16.2. The molecule has 2 saturated carbocycles. The van der Waals surface area contributed by atoms with E-state index in [1.54, 1.807) is 7.05 Å². The van der Waals surface area contributed by atoms with Crippen molar-refractivity contribution >= 4 is 22.8 Å². The lowest BCUT2D eigenvalue weighted by molar-refractivity contribution is -0.130. The SMILES string of the molecule is CN1C(=O)C(c2ccc(C3CC3)cc2)C(C)(c2ccc3cn(CC4CCC4)nc3c2)N=C1N. The van der Waals surface area contributed by atoms with Crippen molar-refractivity contribution in [2.45, 2.75) is 62.9 Å². The number of rotatable bonds is 5. The Morgan fingerprint density at radius 2 is 1.79 bits per heavy atom. The molecular weight excluding hydrogens is 410 g/mol. The van der Waals surface area contributed by atoms with Crippen LogP contribution in [0.1, 0.15) is 67.6 Å². The number of fused-ring (bicyclic) bond motifs is 1. The fourth-order valence-corrected chi connectivity index (χ4v) is 5.42. The van der Waals surface area contributed by atoms with Crippen LogP contribution in [0.25, 0.3) is 10.9 Å². The summed E-state index contributed by atoms with van der Waals surface area (Å²) in [5, 5.41) is 5.97. The number of amides is 1. The summed E-state index contributed by atoms with van der Waals surface area (Å²) in [4.78, 5) is 19.9. The van der Waals surface area contributed by atoms with Crippen LogP contribution in [-0.4, -0.2) is 33.6 Å². The third-order valence-corrected chi connectivity index (χ3v) is 7.96. The van der Waals surface area contributed by atoms with E-state index in [2.05, 4.69) is 53.3 Å². The molecule has 6 rings (SSSR count). The van der Waals surface area contributed by atoms with E-state index in [1.165, 1.54) is 42.6 Å². The van der Waals surface area contributed by atoms with Crippen LogP contribution in [-0.2, 0) is 16.9 Å². The fraction of sp³-hybridized carbons (Fsp3) is 0.444. The molecule has 0 saturated heterocycles. The van der Waals surface area contributed by atoms with Crippen LogP contribution >= 0.6 is 0 Å². The van der Waals surface area contributed by atoms with E-state index in [9.17, 15) is 4.79 Å². The van der Waals surface area contributed by atoms with E-state index in [0.29, 0.717) is 5.92 Å². The van der Waals surface area contributed by atoms with Gasteiger partial charge in [0.05, 0.1) is 11.4 Å². The zero-order valence-electron chi connectivity index (χ0n) is 19.4. The first-order valence-electron chi connectivity index (χ1n) is 12.1. The quantitative estimate of drug-likeness (QED) is 0.633. The van der Waals surface area contributed by atoms with Gasteiger partial charge in [0.15, 0.2) is 5.96 Å². The first kappa shape index (κ1) is 20.5. The van der Waals surface area contributed by atoms with Gasteiger partial charge in [-0.1, -0.05) is 42.8 Å². The van der Waals surface area contributed by atoms with Gasteiger partial charge in [0.25, 0.3) is 0 Å². The Bertz CT molecular complexity index is 1250. The van der Waals surface area contributed by atoms with Crippen molar-refractivity contribution in [2.24, 2.45) is 16.6 Å². The molecule has 6 heteroatoms. The summed E-state index contributed by atoms with van der Waals surface area (Å²) < 4.78 is 2.08. The van der Waals surface area contributed by atoms with Gasteiger partial charge in [0.2, 0.25) is 5.91 Å². The third kappa shape index (κ3) is 3.43. The van der Waals surface area contributed by atoms with Gasteiger partial charge in [-0.05, 0) is 67.2 Å². The van der Waals surface area contributed by atoms with Crippen LogP contribution in [0, 0.1) is 5.92 Å². The minimum Gasteiger partial charge on any atom is -0.369 e. The molecule has 3 aliphatic rings. The second-order valence-electron chi connectivity index (χ2n) is 10.3. The van der Waals surface area contributed by atoms with Gasteiger partial charge in [0.1, 0.15) is 5.54 Å². The highest BCUT2D eigenvalue weighted by Crippen LogP contribution is 2.46. The average Bonchev–Trinajstić information content (AvgIpc) is 3.54. The van der Waals surface area contributed by atoms with Crippen molar-refractivity contribution in [3.63, 3.8) is 0 Å². The molecule has 2 atom stereocenters. The van der Waals surface area contributed by atoms with Crippen molar-refractivity contribution in [1.29, 1.82) is 0 Å². The highest BCUT2D eigenvalue weighted by Gasteiger charge is 2.47. The third-order valence-electron chi connectivity index (χ3n) is 7.96. The number of hydrogen-bond acceptors (Lipinski definition) is 4. The lowest BCUT2D eigenvalue weighted by atomic mass is 9.74. The molecule has 1 aliphatic heterocycles. The normalized spacial score (nSPS) is 25.9. The number of benzene rings is 2. The van der Waals surface area contributed by atoms with Gasteiger partial charge in [-0.15, -0.1) is 0 Å². The summed E-state index contributed by atoms with van der Waals surface area (Å²) in [5.74, 6) is 1.21. The van der Waals surface area contributed by atoms with Gasteiger partial charge in [-0.3, -0.25) is 14.4 Å². The summed E-state index contributed by atoms with van der Waals surface area (Å²) in [7, 11) is 1.71. The Morgan fingerprint density at radius 3 is 2.45 bits per heavy atom. The molecule has 2 N–H and O–H groups in total. The van der Waals surface area contributed by atoms with Crippen LogP contribution in [0.4, 0.5) is 0 Å². The Balaban J connectivity index is 1.41. The van der Waals surface area contributed by atoms with Crippen molar-refractivity contribution in [2.75, 3.05) is 7.05 Å². The maximum atomic E-state index is 13.5. The van der Waals surface area contributed by atoms with Crippen LogP contribution in [0.2, 0.25) is 0 Å². The summed E-state index contributed by atoms with van der Waals surface area (Å²) >= 11 is 0. The number of guanidine groups is 1. The lowest BCUT2D eigenvalue weighted by Crippen LogP contribution is -2.52. The lowest BCUT2D eigenvalue weighted by Gasteiger charge is -2.41. The number of nitrogens with two attached hydrogens (primary N) is 1. The van der Waals surface area contributed by atoms with Crippen molar-refractivity contribution in [3.8, 4) is 0 Å². The molecule has 2 heterocycles. The molecule has 170 valence electrons. The van der Waals surface area contributed by atoms with Crippen LogP contribution in [0.5, 0.6) is 0 Å². The molecule has 2 aliphatic carbocycles. The predicted octanol–water partition coefficient (Wildman–Crippen LogP) is 4.50. The Hall–Kier alpha value is -3.15. The maximum Gasteiger partial charge on any atom is 0.239 e. The van der Waals surface area contributed by atoms with E-state index < -0.39 is 11.5 Å². The molecule has 6 nitrogen and oxygen atoms in total. The van der Waals surface area contributed by atoms with E-state index in [-0.39, 0.29) is 11.9 Å². The zero-order valence-corrected chi connectivity index (χ0v) is 19.4. The first-order valence-corrected chi connectivity index (χ1v) is 12.1. The van der Waals surface area contributed by atoms with Crippen LogP contribution in [0.15, 0.2) is 53.7 Å². The summed E-state index contributed by atoms with van der Waals surface area (Å²) in [6, 6.07) is 14.8. The minimum absolute atomic E-state index is 0.0280. The molecule has 3 aromatic rings. The number of aromatic nitrogens is 2. The monoisotopic (exact) mass is 441 g/mol. The molecule has 0 radical (unpaired) electrons. The fourth-order valence-electron chi connectivity index (χ4n) is 5.42. The maximum absolute atomic E-state index is 13.5. The smallest absolute Gasteiger partial charge is 0.239 e. The van der Waals surface area contributed by atoms with Gasteiger partial charge >= 0.3 is 0 Å². The summed E-state index contributed by atoms with van der Waals surface area (Å²) in [6.07, 6.45) is 8.58. The van der Waals surface area contributed by atoms with Gasteiger partial charge in [-0.2, -0.15) is 5.10 Å². The molecule has 33 heavy (non-hydrogen) atoms. The molecule has 0 bridgehead atoms. The number of aliphatic imine (C=N–C) groups is 1. The molecule has 2 unspecified atom stereocenters. The number of carbonyl (C=O) groups excluding carboxylic acids is 1. The van der Waals surface area contributed by atoms with Crippen LogP contribution < -0.4 is 5.73 Å². The molecule has 0 spiro atoms. The first-order chi connectivity index (χ1) is 15.9. The number of hydrogen-bond donors (Lipinski definition) is 1. The van der Waals surface area contributed by atoms with Gasteiger partial charge in [-0.25, -0.2) is 4.99 Å². The Labute approximate surface area is 194 Å². The number of carbonyl (C=O) groups is 1. The van der Waals surface area contributed by atoms with E-state index >= 15 is 0 Å². The molecular formula is C27H31N5O. The summed E-state index contributed by atoms with van der Waals surface area (Å²) in [5.41, 5.74) is 9.66. The molecule has 2 fully saturated rings. The standard InChI is InChI=1S/C27H31N5O/c1-27(22-13-12-21-16-32(30-23(21)14-22)15-17-4-3-5-17)24(25(33)31(2)26(28)29-27)20-10-8-19(9-11-20)18-6-7-18/h8-14,16-18,24H,3-7,15H2,1-2H3,(H2,28,29). The molecule has 1 amide bonds. The van der Waals surface area contributed by atoms with Crippen LogP contribution in [0.3, 0.4) is 0 Å². The minimum atomic E-state index is -0.805. The largest absolute Gasteiger partial charge is 0.369 e. The van der Waals surface area contributed by atoms with Crippen molar-refractivity contribution in [1.82, 2.24) is 14.7 Å². The van der Waals surface area contributed by atoms with Gasteiger partial charge < -0.3 is 5.73 Å². The molecule has 1 aromatic heterocycles. The van der Waals surface area contributed by atoms with Crippen molar-refractivity contribution < 1.29 is 4.79 Å². The molecule has 2 aromatic carbocycles. The van der Waals surface area contributed by atoms with Crippen molar-refractivity contribution in [3.05, 3.63) is 65.4 Å². The number of likely N-dealkylation sites (N-methyl/N-ethyl adjacent to an activating group) is 1. The topological polar surface area (TPSA) is 76.5 Å².